The molecular weight excluding hydrogens is 372 g/mol. The first-order chi connectivity index (χ1) is 11.5. The smallest absolute Gasteiger partial charge is 0.291 e. The molecule has 1 aromatic carbocycles. The average Bonchev–Trinajstić information content (AvgIpc) is 3.03. The fourth-order valence-electron chi connectivity index (χ4n) is 2.17. The van der Waals surface area contributed by atoms with Crippen LogP contribution in [0.5, 0.6) is 0 Å². The number of carbonyl (C=O) groups excluding carboxylic acids is 2. The Morgan fingerprint density at radius 3 is 2.33 bits per heavy atom. The molecule has 0 aliphatic carbocycles. The lowest BCUT2D eigenvalue weighted by atomic mass is 10.1. The molecule has 0 saturated heterocycles. The fraction of sp³-hybridized carbons (Fsp3) is 0.222. The van der Waals surface area contributed by atoms with Gasteiger partial charge in [-0.05, 0) is 53.5 Å². The van der Waals surface area contributed by atoms with Crippen molar-refractivity contribution in [3.63, 3.8) is 0 Å². The Morgan fingerprint density at radius 1 is 1.12 bits per heavy atom. The van der Waals surface area contributed by atoms with Crippen LogP contribution in [-0.4, -0.2) is 29.8 Å². The first kappa shape index (κ1) is 18.0. The summed E-state index contributed by atoms with van der Waals surface area (Å²) in [5.41, 5.74) is 1.04. The summed E-state index contributed by atoms with van der Waals surface area (Å²) in [6.07, 6.45) is 1.66. The maximum Gasteiger partial charge on any atom is 0.291 e. The van der Waals surface area contributed by atoms with Crippen LogP contribution in [0, 0.1) is 0 Å². The first-order valence-corrected chi connectivity index (χ1v) is 8.47. The van der Waals surface area contributed by atoms with Crippen LogP contribution in [0.15, 0.2) is 57.2 Å². The van der Waals surface area contributed by atoms with Crippen LogP contribution in [0.1, 0.15) is 30.0 Å². The number of carbonyl (C=O) groups is 2. The lowest BCUT2D eigenvalue weighted by molar-refractivity contribution is -0.127. The fourth-order valence-corrected chi connectivity index (χ4v) is 2.48. The van der Waals surface area contributed by atoms with Crippen LogP contribution in [0.4, 0.5) is 0 Å². The molecule has 0 spiro atoms. The van der Waals surface area contributed by atoms with Gasteiger partial charge in [0.1, 0.15) is 5.70 Å². The largest absolute Gasteiger partial charge is 0.444 e. The van der Waals surface area contributed by atoms with Gasteiger partial charge in [-0.2, -0.15) is 0 Å². The van der Waals surface area contributed by atoms with E-state index in [0.717, 1.165) is 5.56 Å². The number of hydrogen-bond acceptors (Lipinski definition) is 3. The molecule has 6 heteroatoms. The van der Waals surface area contributed by atoms with E-state index in [0.29, 0.717) is 17.8 Å². The van der Waals surface area contributed by atoms with Crippen LogP contribution < -0.4 is 5.32 Å². The summed E-state index contributed by atoms with van der Waals surface area (Å²) in [5.74, 6) is -0.570. The van der Waals surface area contributed by atoms with Crippen LogP contribution in [0.25, 0.3) is 6.08 Å². The lowest BCUT2D eigenvalue weighted by Gasteiger charge is -2.20. The summed E-state index contributed by atoms with van der Waals surface area (Å²) in [6, 6.07) is 12.5. The van der Waals surface area contributed by atoms with Crippen molar-refractivity contribution in [3.05, 3.63) is 64.2 Å². The highest BCUT2D eigenvalue weighted by atomic mass is 79.9. The maximum absolute atomic E-state index is 12.7. The van der Waals surface area contributed by atoms with Gasteiger partial charge in [0.2, 0.25) is 0 Å². The molecule has 0 radical (unpaired) electrons. The predicted molar refractivity (Wildman–Crippen MR) is 96.2 cm³/mol. The van der Waals surface area contributed by atoms with Crippen LogP contribution in [0.2, 0.25) is 0 Å². The molecule has 2 amide bonds. The Kier molecular flexibility index (Phi) is 6.37. The van der Waals surface area contributed by atoms with Gasteiger partial charge < -0.3 is 14.6 Å². The minimum Gasteiger partial charge on any atom is -0.444 e. The molecule has 1 aromatic heterocycles. The van der Waals surface area contributed by atoms with Crippen molar-refractivity contribution in [2.75, 3.05) is 13.1 Å². The molecule has 126 valence electrons. The third-order valence-electron chi connectivity index (χ3n) is 3.44. The van der Waals surface area contributed by atoms with Gasteiger partial charge in [-0.1, -0.05) is 30.3 Å². The molecule has 0 atom stereocenters. The van der Waals surface area contributed by atoms with E-state index in [-0.39, 0.29) is 17.4 Å². The third-order valence-corrected chi connectivity index (χ3v) is 3.86. The highest BCUT2D eigenvalue weighted by Gasteiger charge is 2.20. The Bertz CT molecular complexity index is 734. The second-order valence-electron chi connectivity index (χ2n) is 5.00. The van der Waals surface area contributed by atoms with Crippen molar-refractivity contribution in [2.45, 2.75) is 13.8 Å². The van der Waals surface area contributed by atoms with Crippen molar-refractivity contribution >= 4 is 33.8 Å². The van der Waals surface area contributed by atoms with E-state index >= 15 is 0 Å². The summed E-state index contributed by atoms with van der Waals surface area (Å²) in [5, 5.41) is 2.66. The molecule has 5 nitrogen and oxygen atoms in total. The molecule has 24 heavy (non-hydrogen) atoms. The van der Waals surface area contributed by atoms with Gasteiger partial charge >= 0.3 is 0 Å². The molecule has 1 N–H and O–H groups in total. The topological polar surface area (TPSA) is 62.6 Å². The summed E-state index contributed by atoms with van der Waals surface area (Å²) in [7, 11) is 0. The highest BCUT2D eigenvalue weighted by molar-refractivity contribution is 9.10. The second-order valence-corrected chi connectivity index (χ2v) is 5.79. The van der Waals surface area contributed by atoms with Crippen molar-refractivity contribution in [2.24, 2.45) is 0 Å². The van der Waals surface area contributed by atoms with E-state index in [9.17, 15) is 9.59 Å². The van der Waals surface area contributed by atoms with Crippen LogP contribution in [-0.2, 0) is 4.79 Å². The predicted octanol–water partition coefficient (Wildman–Crippen LogP) is 3.68. The second kappa shape index (κ2) is 8.49. The number of hydrogen-bond donors (Lipinski definition) is 1. The third kappa shape index (κ3) is 4.58. The number of nitrogens with zero attached hydrogens (tertiary/aromatic N) is 1. The van der Waals surface area contributed by atoms with Gasteiger partial charge in [-0.15, -0.1) is 0 Å². The standard InChI is InChI=1S/C18H19BrN2O3/c1-3-21(4-2)18(23)14(12-13-8-6-5-7-9-13)20-17(22)15-10-11-16(19)24-15/h5-12H,3-4H2,1-2H3,(H,20,22)/b14-12+. The highest BCUT2D eigenvalue weighted by Crippen LogP contribution is 2.15. The monoisotopic (exact) mass is 390 g/mol. The Morgan fingerprint density at radius 2 is 1.79 bits per heavy atom. The number of nitrogens with one attached hydrogen (secondary N) is 1. The van der Waals surface area contributed by atoms with Gasteiger partial charge in [0.25, 0.3) is 11.8 Å². The quantitative estimate of drug-likeness (QED) is 0.765. The normalized spacial score (nSPS) is 11.2. The molecule has 0 saturated carbocycles. The van der Waals surface area contributed by atoms with Crippen LogP contribution >= 0.6 is 15.9 Å². The zero-order valence-corrected chi connectivity index (χ0v) is 15.2. The minimum absolute atomic E-state index is 0.133. The van der Waals surface area contributed by atoms with Crippen molar-refractivity contribution in [1.82, 2.24) is 10.2 Å². The van der Waals surface area contributed by atoms with Gasteiger partial charge in [0.05, 0.1) is 0 Å². The summed E-state index contributed by atoms with van der Waals surface area (Å²) >= 11 is 3.16. The maximum atomic E-state index is 12.7. The number of amides is 2. The zero-order chi connectivity index (χ0) is 17.5. The molecule has 1 heterocycles. The Hall–Kier alpha value is -2.34. The Labute approximate surface area is 149 Å². The zero-order valence-electron chi connectivity index (χ0n) is 13.6. The van der Waals surface area contributed by atoms with E-state index in [1.54, 1.807) is 23.1 Å². The van der Waals surface area contributed by atoms with Gasteiger partial charge in [-0.3, -0.25) is 9.59 Å². The van der Waals surface area contributed by atoms with E-state index < -0.39 is 5.91 Å². The summed E-state index contributed by atoms with van der Waals surface area (Å²) in [6.45, 7) is 4.91. The van der Waals surface area contributed by atoms with E-state index in [1.807, 2.05) is 44.2 Å². The molecule has 0 bridgehead atoms. The van der Waals surface area contributed by atoms with Crippen molar-refractivity contribution in [3.8, 4) is 0 Å². The minimum atomic E-state index is -0.469. The van der Waals surface area contributed by atoms with E-state index in [4.69, 9.17) is 4.42 Å². The number of halogens is 1. The van der Waals surface area contributed by atoms with E-state index in [2.05, 4.69) is 21.2 Å². The van der Waals surface area contributed by atoms with E-state index in [1.165, 1.54) is 0 Å². The molecular formula is C18H19BrN2O3. The number of benzene rings is 1. The number of rotatable bonds is 6. The number of likely N-dealkylation sites (N-methyl/N-ethyl adjacent to an activating group) is 1. The van der Waals surface area contributed by atoms with Gasteiger partial charge in [0, 0.05) is 13.1 Å². The number of furan rings is 1. The van der Waals surface area contributed by atoms with Crippen LogP contribution in [0.3, 0.4) is 0 Å². The molecule has 0 aliphatic heterocycles. The average molecular weight is 391 g/mol. The first-order valence-electron chi connectivity index (χ1n) is 7.67. The molecule has 2 rings (SSSR count). The van der Waals surface area contributed by atoms with Gasteiger partial charge in [0.15, 0.2) is 10.4 Å². The molecule has 2 aromatic rings. The SMILES string of the molecule is CCN(CC)C(=O)/C(=C\c1ccccc1)NC(=O)c1ccc(Br)o1. The summed E-state index contributed by atoms with van der Waals surface area (Å²) in [4.78, 5) is 26.7. The molecule has 0 unspecified atom stereocenters. The molecule has 0 fully saturated rings. The lowest BCUT2D eigenvalue weighted by Crippen LogP contribution is -2.38. The molecule has 0 aliphatic rings. The summed E-state index contributed by atoms with van der Waals surface area (Å²) < 4.78 is 5.70. The Balaban J connectivity index is 2.30. The van der Waals surface area contributed by atoms with Crippen molar-refractivity contribution < 1.29 is 14.0 Å². The van der Waals surface area contributed by atoms with Crippen molar-refractivity contribution in [1.29, 1.82) is 0 Å². The van der Waals surface area contributed by atoms with Gasteiger partial charge in [-0.25, -0.2) is 0 Å².